The summed E-state index contributed by atoms with van der Waals surface area (Å²) >= 11 is 0. The van der Waals surface area contributed by atoms with Crippen molar-refractivity contribution in [2.24, 2.45) is 0 Å². The van der Waals surface area contributed by atoms with Crippen LogP contribution in [0.5, 0.6) is 0 Å². The molecule has 0 aliphatic rings. The van der Waals surface area contributed by atoms with Gasteiger partial charge in [-0.05, 0) is 122 Å². The van der Waals surface area contributed by atoms with E-state index in [1.165, 1.54) is 96.3 Å². The van der Waals surface area contributed by atoms with E-state index >= 15 is 0 Å². The first-order valence-corrected chi connectivity index (χ1v) is 27.7. The van der Waals surface area contributed by atoms with Crippen LogP contribution in [-0.2, 0) is 28.6 Å². The third-order valence-electron chi connectivity index (χ3n) is 11.5. The molecule has 0 amide bonds. The number of carbonyl (C=O) groups is 3. The quantitative estimate of drug-likeness (QED) is 0.0262. The largest absolute Gasteiger partial charge is 0.462 e. The molecule has 1 atom stereocenters. The lowest BCUT2D eigenvalue weighted by atomic mass is 10.1. The van der Waals surface area contributed by atoms with E-state index in [0.29, 0.717) is 19.3 Å². The van der Waals surface area contributed by atoms with Crippen molar-refractivity contribution >= 4 is 17.9 Å². The average Bonchev–Trinajstić information content (AvgIpc) is 3.33. The second-order valence-electron chi connectivity index (χ2n) is 18.1. The molecule has 0 spiro atoms. The number of allylic oxidation sites excluding steroid dienone is 16. The molecule has 6 heteroatoms. The Kier molecular flexibility index (Phi) is 51.9. The Morgan fingerprint density at radius 2 is 0.582 bits per heavy atom. The van der Waals surface area contributed by atoms with Gasteiger partial charge >= 0.3 is 17.9 Å². The van der Waals surface area contributed by atoms with Crippen LogP contribution >= 0.6 is 0 Å². The van der Waals surface area contributed by atoms with Crippen molar-refractivity contribution in [1.29, 1.82) is 0 Å². The number of esters is 3. The van der Waals surface area contributed by atoms with Crippen LogP contribution in [0.2, 0.25) is 0 Å². The number of hydrogen-bond donors (Lipinski definition) is 0. The molecule has 0 radical (unpaired) electrons. The number of rotatable bonds is 49. The smallest absolute Gasteiger partial charge is 0.306 e. The molecule has 0 bridgehead atoms. The van der Waals surface area contributed by atoms with E-state index in [0.717, 1.165) is 116 Å². The van der Waals surface area contributed by atoms with Crippen molar-refractivity contribution in [3.05, 3.63) is 97.2 Å². The van der Waals surface area contributed by atoms with Crippen molar-refractivity contribution in [1.82, 2.24) is 0 Å². The highest BCUT2D eigenvalue weighted by Crippen LogP contribution is 2.14. The van der Waals surface area contributed by atoms with E-state index in [4.69, 9.17) is 14.2 Å². The molecule has 0 aromatic carbocycles. The molecule has 6 nitrogen and oxygen atoms in total. The summed E-state index contributed by atoms with van der Waals surface area (Å²) in [6, 6.07) is 0. The lowest BCUT2D eigenvalue weighted by Crippen LogP contribution is -2.30. The zero-order valence-corrected chi connectivity index (χ0v) is 43.6. The Balaban J connectivity index is 4.47. The number of carbonyl (C=O) groups excluding carboxylic acids is 3. The van der Waals surface area contributed by atoms with Crippen LogP contribution in [0.25, 0.3) is 0 Å². The molecule has 0 fully saturated rings. The topological polar surface area (TPSA) is 78.9 Å². The van der Waals surface area contributed by atoms with Crippen molar-refractivity contribution < 1.29 is 28.6 Å². The summed E-state index contributed by atoms with van der Waals surface area (Å²) in [5.41, 5.74) is 0. The SMILES string of the molecule is CC/C=C/C/C=C/C/C=C/C/C=C/C/C=C/CCCCCC(=O)OC[C@@H](COC(=O)CCCCCCC/C=C/CCCCCC)OC(=O)CCCCCCCCC/C=C/C/C=C/CCCCC. The van der Waals surface area contributed by atoms with Crippen LogP contribution in [0, 0.1) is 0 Å². The Labute approximate surface area is 413 Å². The molecule has 0 aromatic heterocycles. The summed E-state index contributed by atoms with van der Waals surface area (Å²) in [7, 11) is 0. The van der Waals surface area contributed by atoms with E-state index in [1.54, 1.807) is 0 Å². The molecular weight excluding hydrogens is 829 g/mol. The van der Waals surface area contributed by atoms with Crippen LogP contribution in [-0.4, -0.2) is 37.2 Å². The van der Waals surface area contributed by atoms with Gasteiger partial charge in [0, 0.05) is 19.3 Å². The Bertz CT molecular complexity index is 1350. The Hall–Kier alpha value is -3.67. The van der Waals surface area contributed by atoms with Gasteiger partial charge in [-0.15, -0.1) is 0 Å². The molecule has 0 N–H and O–H groups in total. The van der Waals surface area contributed by atoms with Crippen LogP contribution in [0.3, 0.4) is 0 Å². The molecule has 0 saturated carbocycles. The van der Waals surface area contributed by atoms with E-state index in [2.05, 4.69) is 118 Å². The van der Waals surface area contributed by atoms with Gasteiger partial charge in [-0.25, -0.2) is 0 Å². The lowest BCUT2D eigenvalue weighted by molar-refractivity contribution is -0.167. The summed E-state index contributed by atoms with van der Waals surface area (Å²) in [5.74, 6) is -0.945. The Morgan fingerprint density at radius 3 is 0.970 bits per heavy atom. The summed E-state index contributed by atoms with van der Waals surface area (Å²) in [6.07, 6.45) is 72.4. The van der Waals surface area contributed by atoms with Gasteiger partial charge in [0.1, 0.15) is 13.2 Å². The minimum absolute atomic E-state index is 0.0964. The van der Waals surface area contributed by atoms with E-state index in [1.807, 2.05) is 0 Å². The molecule has 382 valence electrons. The van der Waals surface area contributed by atoms with Gasteiger partial charge in [0.2, 0.25) is 0 Å². The van der Waals surface area contributed by atoms with Gasteiger partial charge in [0.05, 0.1) is 0 Å². The third-order valence-corrected chi connectivity index (χ3v) is 11.5. The summed E-state index contributed by atoms with van der Waals surface area (Å²) in [6.45, 7) is 6.44. The van der Waals surface area contributed by atoms with Gasteiger partial charge in [-0.3, -0.25) is 14.4 Å². The number of ether oxygens (including phenoxy) is 3. The first-order chi connectivity index (χ1) is 33.0. The molecule has 0 saturated heterocycles. The van der Waals surface area contributed by atoms with Crippen molar-refractivity contribution in [2.45, 2.75) is 258 Å². The van der Waals surface area contributed by atoms with Gasteiger partial charge in [-0.1, -0.05) is 208 Å². The highest BCUT2D eigenvalue weighted by atomic mass is 16.6. The maximum atomic E-state index is 12.8. The normalized spacial score (nSPS) is 12.8. The van der Waals surface area contributed by atoms with Crippen molar-refractivity contribution in [2.75, 3.05) is 13.2 Å². The van der Waals surface area contributed by atoms with E-state index in [-0.39, 0.29) is 31.1 Å². The summed E-state index contributed by atoms with van der Waals surface area (Å²) in [4.78, 5) is 38.1. The zero-order chi connectivity index (χ0) is 48.6. The monoisotopic (exact) mass is 931 g/mol. The fourth-order valence-corrected chi connectivity index (χ4v) is 7.37. The summed E-state index contributed by atoms with van der Waals surface area (Å²) in [5, 5.41) is 0. The maximum Gasteiger partial charge on any atom is 0.306 e. The first-order valence-electron chi connectivity index (χ1n) is 27.7. The van der Waals surface area contributed by atoms with E-state index in [9.17, 15) is 14.4 Å². The van der Waals surface area contributed by atoms with Gasteiger partial charge in [0.15, 0.2) is 6.10 Å². The molecular formula is C61H102O6. The van der Waals surface area contributed by atoms with Crippen LogP contribution in [0.15, 0.2) is 97.2 Å². The molecule has 0 unspecified atom stereocenters. The first kappa shape index (κ1) is 63.3. The summed E-state index contributed by atoms with van der Waals surface area (Å²) < 4.78 is 16.8. The highest BCUT2D eigenvalue weighted by molar-refractivity contribution is 5.71. The van der Waals surface area contributed by atoms with Crippen LogP contribution in [0.1, 0.15) is 252 Å². The minimum atomic E-state index is -0.800. The van der Waals surface area contributed by atoms with Gasteiger partial charge in [-0.2, -0.15) is 0 Å². The molecule has 0 rings (SSSR count). The third kappa shape index (κ3) is 53.2. The fourth-order valence-electron chi connectivity index (χ4n) is 7.37. The Morgan fingerprint density at radius 1 is 0.313 bits per heavy atom. The molecule has 0 heterocycles. The minimum Gasteiger partial charge on any atom is -0.462 e. The van der Waals surface area contributed by atoms with Crippen LogP contribution < -0.4 is 0 Å². The number of unbranched alkanes of at least 4 members (excludes halogenated alkanes) is 22. The second-order valence-corrected chi connectivity index (χ2v) is 18.1. The van der Waals surface area contributed by atoms with Gasteiger partial charge < -0.3 is 14.2 Å². The van der Waals surface area contributed by atoms with Crippen molar-refractivity contribution in [3.63, 3.8) is 0 Å². The molecule has 0 aromatic rings. The van der Waals surface area contributed by atoms with Crippen molar-refractivity contribution in [3.8, 4) is 0 Å². The molecule has 0 aliphatic carbocycles. The standard InChI is InChI=1S/C61H102O6/c1-4-7-10-13-16-19-22-25-27-29-30-32-33-36-39-42-45-48-51-54-60(63)66-57-58(56-65-59(62)53-50-47-44-41-38-35-24-21-18-15-12-9-6-3)67-61(64)55-52-49-46-43-40-37-34-31-28-26-23-20-17-14-11-8-5-2/h7,10,16-17,19-21,24-28,30,32,36,39,58H,4-6,8-9,11-15,18,22-23,29,31,33-35,37-38,40-57H2,1-3H3/b10-7+,19-16+,20-17+,24-21+,27-25+,28-26+,32-30+,39-36+/t58-/m1/s1. The maximum absolute atomic E-state index is 12.8. The number of hydrogen-bond acceptors (Lipinski definition) is 6. The fraction of sp³-hybridized carbons (Fsp3) is 0.689. The second kappa shape index (κ2) is 54.9. The molecule has 0 aliphatic heterocycles. The molecule has 67 heavy (non-hydrogen) atoms. The predicted molar refractivity (Wildman–Crippen MR) is 288 cm³/mol. The van der Waals surface area contributed by atoms with Crippen LogP contribution in [0.4, 0.5) is 0 Å². The zero-order valence-electron chi connectivity index (χ0n) is 43.6. The lowest BCUT2D eigenvalue weighted by Gasteiger charge is -2.18. The average molecular weight is 931 g/mol. The van der Waals surface area contributed by atoms with Gasteiger partial charge in [0.25, 0.3) is 0 Å². The highest BCUT2D eigenvalue weighted by Gasteiger charge is 2.19. The van der Waals surface area contributed by atoms with E-state index < -0.39 is 6.10 Å². The predicted octanol–water partition coefficient (Wildman–Crippen LogP) is 18.5.